The molecule has 1 saturated heterocycles. The van der Waals surface area contributed by atoms with E-state index in [1.165, 1.54) is 4.90 Å². The summed E-state index contributed by atoms with van der Waals surface area (Å²) in [6.07, 6.45) is 1.68. The number of aryl methyl sites for hydroxylation is 1. The Kier molecular flexibility index (Phi) is 13.9. The fourth-order valence-corrected chi connectivity index (χ4v) is 3.74. The number of hydrogen-bond donors (Lipinski definition) is 4. The molecule has 0 saturated carbocycles. The maximum absolute atomic E-state index is 12.5. The molecule has 1 aliphatic rings. The number of carbonyl (C=O) groups excluding carboxylic acids is 5. The molecule has 1 aromatic carbocycles. The van der Waals surface area contributed by atoms with Crippen molar-refractivity contribution in [1.29, 1.82) is 0 Å². The van der Waals surface area contributed by atoms with Crippen molar-refractivity contribution in [2.24, 2.45) is 5.73 Å². The van der Waals surface area contributed by atoms with Gasteiger partial charge in [0.2, 0.25) is 30.5 Å². The SMILES string of the molecule is Cc1cccc(NC(=O)CCOCC(N)COCCOCCNC=O)c1CN(C=O)C1CCC(=O)NC1=O. The molecule has 1 heterocycles. The number of anilines is 1. The Bertz CT molecular complexity index is 944. The molecular formula is C25H37N5O8. The minimum atomic E-state index is -0.756. The van der Waals surface area contributed by atoms with Crippen LogP contribution in [0.5, 0.6) is 0 Å². The van der Waals surface area contributed by atoms with Gasteiger partial charge in [-0.05, 0) is 30.5 Å². The number of rotatable bonds is 19. The molecule has 210 valence electrons. The third kappa shape index (κ3) is 10.9. The Labute approximate surface area is 221 Å². The van der Waals surface area contributed by atoms with Crippen LogP contribution in [0.1, 0.15) is 30.4 Å². The molecule has 2 unspecified atom stereocenters. The van der Waals surface area contributed by atoms with Gasteiger partial charge in [0.25, 0.3) is 0 Å². The van der Waals surface area contributed by atoms with Gasteiger partial charge in [-0.3, -0.25) is 29.3 Å². The Morgan fingerprint density at radius 1 is 1.16 bits per heavy atom. The van der Waals surface area contributed by atoms with Crippen LogP contribution in [-0.4, -0.2) is 93.7 Å². The standard InChI is InChI=1S/C25H37N5O8/c1-18-3-2-4-21(20(18)13-30(17-32)22-5-6-23(33)29-25(22)35)28-24(34)7-9-37-14-19(26)15-38-12-11-36-10-8-27-16-31/h2-4,16-17,19,22H,5-15,26H2,1H3,(H,27,31)(H,28,34)(H,29,33,35). The summed E-state index contributed by atoms with van der Waals surface area (Å²) in [6.45, 7) is 4.18. The fourth-order valence-electron chi connectivity index (χ4n) is 3.74. The third-order valence-corrected chi connectivity index (χ3v) is 5.75. The zero-order valence-electron chi connectivity index (χ0n) is 21.6. The molecule has 5 N–H and O–H groups in total. The van der Waals surface area contributed by atoms with Gasteiger partial charge < -0.3 is 35.5 Å². The van der Waals surface area contributed by atoms with Gasteiger partial charge in [-0.25, -0.2) is 0 Å². The highest BCUT2D eigenvalue weighted by molar-refractivity contribution is 6.01. The monoisotopic (exact) mass is 535 g/mol. The summed E-state index contributed by atoms with van der Waals surface area (Å²) in [7, 11) is 0. The van der Waals surface area contributed by atoms with Crippen LogP contribution in [0.2, 0.25) is 0 Å². The summed E-state index contributed by atoms with van der Waals surface area (Å²) in [5.74, 6) is -1.14. The minimum absolute atomic E-state index is 0.0914. The second-order valence-corrected chi connectivity index (χ2v) is 8.74. The molecule has 13 nitrogen and oxygen atoms in total. The van der Waals surface area contributed by atoms with Crippen molar-refractivity contribution < 1.29 is 38.2 Å². The average molecular weight is 536 g/mol. The van der Waals surface area contributed by atoms with Crippen molar-refractivity contribution in [2.45, 2.75) is 44.8 Å². The first-order chi connectivity index (χ1) is 18.3. The summed E-state index contributed by atoms with van der Waals surface area (Å²) < 4.78 is 16.2. The molecule has 13 heteroatoms. The van der Waals surface area contributed by atoms with Crippen molar-refractivity contribution in [3.05, 3.63) is 29.3 Å². The predicted octanol–water partition coefficient (Wildman–Crippen LogP) is -0.790. The molecule has 0 spiro atoms. The molecule has 1 aliphatic heterocycles. The molecule has 2 rings (SSSR count). The maximum Gasteiger partial charge on any atom is 0.249 e. The number of carbonyl (C=O) groups is 5. The maximum atomic E-state index is 12.5. The number of hydrogen-bond acceptors (Lipinski definition) is 9. The Morgan fingerprint density at radius 3 is 2.61 bits per heavy atom. The van der Waals surface area contributed by atoms with Gasteiger partial charge in [0.15, 0.2) is 0 Å². The van der Waals surface area contributed by atoms with Crippen LogP contribution in [0, 0.1) is 6.92 Å². The lowest BCUT2D eigenvalue weighted by molar-refractivity contribution is -0.141. The average Bonchev–Trinajstić information content (AvgIpc) is 2.88. The molecule has 5 amide bonds. The number of ether oxygens (including phenoxy) is 3. The topological polar surface area (TPSA) is 178 Å². The van der Waals surface area contributed by atoms with Crippen LogP contribution < -0.4 is 21.7 Å². The van der Waals surface area contributed by atoms with Gasteiger partial charge in [-0.15, -0.1) is 0 Å². The fraction of sp³-hybridized carbons (Fsp3) is 0.560. The second-order valence-electron chi connectivity index (χ2n) is 8.74. The summed E-state index contributed by atoms with van der Waals surface area (Å²) in [6, 6.07) is 4.24. The van der Waals surface area contributed by atoms with Crippen molar-refractivity contribution in [3.63, 3.8) is 0 Å². The number of imide groups is 1. The lowest BCUT2D eigenvalue weighted by Crippen LogP contribution is -2.51. The summed E-state index contributed by atoms with van der Waals surface area (Å²) in [4.78, 5) is 59.4. The summed E-state index contributed by atoms with van der Waals surface area (Å²) in [5, 5.41) is 7.59. The summed E-state index contributed by atoms with van der Waals surface area (Å²) >= 11 is 0. The molecular weight excluding hydrogens is 498 g/mol. The van der Waals surface area contributed by atoms with Crippen LogP contribution in [-0.2, 0) is 44.7 Å². The van der Waals surface area contributed by atoms with Crippen LogP contribution in [0.15, 0.2) is 18.2 Å². The molecule has 0 radical (unpaired) electrons. The highest BCUT2D eigenvalue weighted by atomic mass is 16.5. The van der Waals surface area contributed by atoms with E-state index in [0.717, 1.165) is 5.56 Å². The molecule has 0 bridgehead atoms. The van der Waals surface area contributed by atoms with Crippen LogP contribution in [0.4, 0.5) is 5.69 Å². The largest absolute Gasteiger partial charge is 0.379 e. The lowest BCUT2D eigenvalue weighted by Gasteiger charge is -2.31. The highest BCUT2D eigenvalue weighted by Gasteiger charge is 2.31. The van der Waals surface area contributed by atoms with E-state index in [-0.39, 0.29) is 63.5 Å². The van der Waals surface area contributed by atoms with Gasteiger partial charge in [-0.2, -0.15) is 0 Å². The molecule has 1 fully saturated rings. The zero-order valence-corrected chi connectivity index (χ0v) is 21.6. The molecule has 0 aromatic heterocycles. The second kappa shape index (κ2) is 17.2. The van der Waals surface area contributed by atoms with E-state index in [2.05, 4.69) is 16.0 Å². The van der Waals surface area contributed by atoms with Crippen LogP contribution >= 0.6 is 0 Å². The van der Waals surface area contributed by atoms with E-state index in [9.17, 15) is 24.0 Å². The smallest absolute Gasteiger partial charge is 0.249 e. The van der Waals surface area contributed by atoms with Crippen molar-refractivity contribution in [1.82, 2.24) is 15.5 Å². The van der Waals surface area contributed by atoms with E-state index in [1.54, 1.807) is 12.1 Å². The Hall–Kier alpha value is -3.39. The van der Waals surface area contributed by atoms with Gasteiger partial charge in [-0.1, -0.05) is 12.1 Å². The van der Waals surface area contributed by atoms with Gasteiger partial charge >= 0.3 is 0 Å². The Morgan fingerprint density at radius 2 is 1.89 bits per heavy atom. The molecule has 38 heavy (non-hydrogen) atoms. The van der Waals surface area contributed by atoms with Gasteiger partial charge in [0, 0.05) is 25.2 Å². The zero-order chi connectivity index (χ0) is 27.8. The van der Waals surface area contributed by atoms with E-state index in [1.807, 2.05) is 13.0 Å². The van der Waals surface area contributed by atoms with E-state index >= 15 is 0 Å². The van der Waals surface area contributed by atoms with E-state index in [0.29, 0.717) is 50.4 Å². The molecule has 2 atom stereocenters. The van der Waals surface area contributed by atoms with Crippen LogP contribution in [0.25, 0.3) is 0 Å². The normalized spacial score (nSPS) is 15.9. The quantitative estimate of drug-likeness (QED) is 0.100. The van der Waals surface area contributed by atoms with E-state index < -0.39 is 11.9 Å². The first kappa shape index (κ1) is 30.8. The molecule has 0 aliphatic carbocycles. The van der Waals surface area contributed by atoms with Crippen LogP contribution in [0.3, 0.4) is 0 Å². The number of nitrogens with one attached hydrogen (secondary N) is 3. The van der Waals surface area contributed by atoms with Crippen molar-refractivity contribution >= 4 is 36.2 Å². The first-order valence-corrected chi connectivity index (χ1v) is 12.4. The van der Waals surface area contributed by atoms with Crippen molar-refractivity contribution in [2.75, 3.05) is 51.5 Å². The predicted molar refractivity (Wildman–Crippen MR) is 137 cm³/mol. The van der Waals surface area contributed by atoms with E-state index in [4.69, 9.17) is 19.9 Å². The highest BCUT2D eigenvalue weighted by Crippen LogP contribution is 2.24. The number of nitrogens with zero attached hydrogens (tertiary/aromatic N) is 1. The first-order valence-electron chi connectivity index (χ1n) is 12.4. The number of piperidine rings is 1. The number of benzene rings is 1. The lowest BCUT2D eigenvalue weighted by atomic mass is 10.0. The summed E-state index contributed by atoms with van der Waals surface area (Å²) in [5.41, 5.74) is 8.02. The molecule has 1 aromatic rings. The number of amides is 5. The third-order valence-electron chi connectivity index (χ3n) is 5.75. The number of nitrogens with two attached hydrogens (primary N) is 1. The minimum Gasteiger partial charge on any atom is -0.379 e. The Balaban J connectivity index is 1.74. The van der Waals surface area contributed by atoms with Crippen molar-refractivity contribution in [3.8, 4) is 0 Å². The van der Waals surface area contributed by atoms with Gasteiger partial charge in [0.05, 0.1) is 52.1 Å². The van der Waals surface area contributed by atoms with Gasteiger partial charge in [0.1, 0.15) is 6.04 Å².